The summed E-state index contributed by atoms with van der Waals surface area (Å²) in [5.41, 5.74) is 2.89. The van der Waals surface area contributed by atoms with Gasteiger partial charge >= 0.3 is 6.09 Å². The average molecular weight is 773 g/mol. The lowest BCUT2D eigenvalue weighted by Gasteiger charge is -2.43. The molecule has 2 fully saturated rings. The van der Waals surface area contributed by atoms with Gasteiger partial charge in [-0.15, -0.1) is 0 Å². The van der Waals surface area contributed by atoms with Crippen LogP contribution in [0.25, 0.3) is 28.0 Å². The lowest BCUT2D eigenvalue weighted by Crippen LogP contribution is -2.53. The molecule has 5 heterocycles. The number of ether oxygens (including phenoxy) is 3. The SMILES string of the molecule is CC(C)(C)OC(=O)N1[C@@H]2CC[C@H]1C[C@](O)(c1cc(N(COCC[Si](C)(C)C)COCC[Si](C)(C)C)n3ncc(-c4ccc(-c5ccccc5)nc4)c3n1)C2. The summed E-state index contributed by atoms with van der Waals surface area (Å²) in [6.45, 7) is 21.7. The van der Waals surface area contributed by atoms with E-state index in [1.165, 1.54) is 0 Å². The van der Waals surface area contributed by atoms with Crippen LogP contribution < -0.4 is 4.90 Å². The molecule has 0 saturated carbocycles. The van der Waals surface area contributed by atoms with E-state index in [1.807, 2.05) is 91.1 Å². The van der Waals surface area contributed by atoms with Crippen molar-refractivity contribution in [1.29, 1.82) is 0 Å². The molecule has 54 heavy (non-hydrogen) atoms. The zero-order valence-corrected chi connectivity index (χ0v) is 35.8. The van der Waals surface area contributed by atoms with Gasteiger partial charge in [0.05, 0.1) is 17.6 Å². The minimum Gasteiger partial charge on any atom is -0.444 e. The monoisotopic (exact) mass is 772 g/mol. The number of benzene rings is 1. The van der Waals surface area contributed by atoms with E-state index < -0.39 is 27.3 Å². The van der Waals surface area contributed by atoms with E-state index in [-0.39, 0.29) is 18.2 Å². The van der Waals surface area contributed by atoms with Crippen molar-refractivity contribution in [3.8, 4) is 22.4 Å². The first-order valence-electron chi connectivity index (χ1n) is 19.4. The van der Waals surface area contributed by atoms with Gasteiger partial charge in [0.15, 0.2) is 5.65 Å². The fraction of sp³-hybridized carbons (Fsp3) is 0.561. The first-order valence-corrected chi connectivity index (χ1v) is 26.9. The average Bonchev–Trinajstić information content (AvgIpc) is 3.65. The first kappa shape index (κ1) is 40.0. The van der Waals surface area contributed by atoms with E-state index in [9.17, 15) is 9.90 Å². The van der Waals surface area contributed by atoms with Gasteiger partial charge in [-0.1, -0.05) is 75.7 Å². The molecule has 1 aromatic carbocycles. The van der Waals surface area contributed by atoms with Crippen molar-refractivity contribution in [3.63, 3.8) is 0 Å². The molecule has 2 aliphatic rings. The Hall–Kier alpha value is -3.63. The molecular weight excluding hydrogens is 713 g/mol. The minimum atomic E-state index is -1.31. The second-order valence-corrected chi connectivity index (χ2v) is 29.8. The second kappa shape index (κ2) is 15.9. The Morgan fingerprint density at radius 2 is 1.50 bits per heavy atom. The Balaban J connectivity index is 1.39. The number of anilines is 1. The lowest BCUT2D eigenvalue weighted by atomic mass is 9.83. The summed E-state index contributed by atoms with van der Waals surface area (Å²) in [6, 6.07) is 17.9. The Bertz CT molecular complexity index is 1850. The summed E-state index contributed by atoms with van der Waals surface area (Å²) < 4.78 is 20.3. The van der Waals surface area contributed by atoms with Crippen LogP contribution in [0.15, 0.2) is 60.9 Å². The highest BCUT2D eigenvalue weighted by atomic mass is 28.3. The summed E-state index contributed by atoms with van der Waals surface area (Å²) in [4.78, 5) is 27.3. The van der Waals surface area contributed by atoms with E-state index in [2.05, 4.69) is 44.2 Å². The molecule has 0 aliphatic carbocycles. The highest BCUT2D eigenvalue weighted by Gasteiger charge is 2.52. The Morgan fingerprint density at radius 3 is 2.04 bits per heavy atom. The third-order valence-corrected chi connectivity index (χ3v) is 13.7. The number of carbonyl (C=O) groups excluding carboxylic acids is 1. The molecule has 1 N–H and O–H groups in total. The summed E-state index contributed by atoms with van der Waals surface area (Å²) in [6.07, 6.45) is 5.70. The normalized spacial score (nSPS) is 20.4. The van der Waals surface area contributed by atoms with Gasteiger partial charge in [-0.25, -0.2) is 9.78 Å². The number of carbonyl (C=O) groups is 1. The summed E-state index contributed by atoms with van der Waals surface area (Å²) in [5, 5.41) is 17.5. The predicted molar refractivity (Wildman–Crippen MR) is 220 cm³/mol. The molecular formula is C41H60N6O5Si2. The number of aromatic nitrogens is 4. The number of pyridine rings is 1. The van der Waals surface area contributed by atoms with Gasteiger partial charge in [-0.3, -0.25) is 4.98 Å². The smallest absolute Gasteiger partial charge is 0.410 e. The first-order chi connectivity index (χ1) is 25.4. The van der Waals surface area contributed by atoms with Gasteiger partial charge < -0.3 is 29.1 Å². The van der Waals surface area contributed by atoms with E-state index in [4.69, 9.17) is 29.3 Å². The van der Waals surface area contributed by atoms with E-state index in [0.717, 1.165) is 53.1 Å². The maximum atomic E-state index is 13.4. The number of piperidine rings is 1. The zero-order valence-electron chi connectivity index (χ0n) is 33.8. The van der Waals surface area contributed by atoms with Gasteiger partial charge in [0.1, 0.15) is 30.5 Å². The van der Waals surface area contributed by atoms with Gasteiger partial charge in [0, 0.05) is 83.2 Å². The number of hydrogen-bond acceptors (Lipinski definition) is 9. The Kier molecular flexibility index (Phi) is 11.8. The molecule has 2 aliphatic heterocycles. The van der Waals surface area contributed by atoms with Crippen molar-refractivity contribution in [1.82, 2.24) is 24.5 Å². The van der Waals surface area contributed by atoms with Crippen molar-refractivity contribution in [2.24, 2.45) is 0 Å². The molecule has 1 amide bonds. The molecule has 2 bridgehead atoms. The number of amides is 1. The van der Waals surface area contributed by atoms with Crippen molar-refractivity contribution in [2.45, 2.75) is 121 Å². The molecule has 0 spiro atoms. The molecule has 3 atom stereocenters. The summed E-state index contributed by atoms with van der Waals surface area (Å²) in [5.74, 6) is 0.728. The van der Waals surface area contributed by atoms with Crippen LogP contribution in [0.2, 0.25) is 51.4 Å². The molecule has 0 unspecified atom stereocenters. The van der Waals surface area contributed by atoms with Crippen LogP contribution in [0.3, 0.4) is 0 Å². The minimum absolute atomic E-state index is 0.157. The Labute approximate surface area is 323 Å². The molecule has 0 radical (unpaired) electrons. The molecule has 13 heteroatoms. The maximum Gasteiger partial charge on any atom is 0.410 e. The molecule has 292 valence electrons. The number of nitrogens with zero attached hydrogens (tertiary/aromatic N) is 6. The van der Waals surface area contributed by atoms with Crippen molar-refractivity contribution in [2.75, 3.05) is 31.6 Å². The van der Waals surface area contributed by atoms with Crippen LogP contribution in [-0.4, -0.2) is 96.2 Å². The quantitative estimate of drug-likeness (QED) is 0.0765. The van der Waals surface area contributed by atoms with Crippen LogP contribution in [0.4, 0.5) is 10.6 Å². The van der Waals surface area contributed by atoms with Gasteiger partial charge in [0.2, 0.25) is 0 Å². The van der Waals surface area contributed by atoms with Gasteiger partial charge in [-0.05, 0) is 51.8 Å². The standard InChI is InChI=1S/C41H60N6O5Si2/c1-40(2,3)52-39(48)46-32-16-17-33(46)25-41(49,24-32)36-23-37(45(28-50-19-21-53(4,5)6)29-51-20-22-54(7,8)9)47-38(44-36)34(27-43-47)31-15-18-35(42-26-31)30-13-11-10-12-14-30/h10-15,18,23,26-27,32-33,49H,16-17,19-22,24-25,28-29H2,1-9H3/t32-,33+,41+. The van der Waals surface area contributed by atoms with Crippen LogP contribution >= 0.6 is 0 Å². The van der Waals surface area contributed by atoms with Crippen molar-refractivity contribution >= 4 is 33.7 Å². The number of hydrogen-bond donors (Lipinski definition) is 1. The largest absolute Gasteiger partial charge is 0.444 e. The summed E-state index contributed by atoms with van der Waals surface area (Å²) >= 11 is 0. The second-order valence-electron chi connectivity index (χ2n) is 18.5. The summed E-state index contributed by atoms with van der Waals surface area (Å²) in [7, 11) is -2.63. The van der Waals surface area contributed by atoms with Crippen LogP contribution in [0, 0.1) is 0 Å². The van der Waals surface area contributed by atoms with E-state index in [0.29, 0.717) is 50.9 Å². The molecule has 4 aromatic rings. The number of fused-ring (bicyclic) bond motifs is 3. The fourth-order valence-electron chi connectivity index (χ4n) is 7.27. The maximum absolute atomic E-state index is 13.4. The van der Waals surface area contributed by atoms with E-state index >= 15 is 0 Å². The third kappa shape index (κ3) is 9.78. The van der Waals surface area contributed by atoms with Gasteiger partial charge in [-0.2, -0.15) is 9.61 Å². The molecule has 2 saturated heterocycles. The molecule has 6 rings (SSSR count). The highest BCUT2D eigenvalue weighted by Crippen LogP contribution is 2.46. The van der Waals surface area contributed by atoms with E-state index in [1.54, 1.807) is 0 Å². The molecule has 3 aromatic heterocycles. The van der Waals surface area contributed by atoms with Crippen LogP contribution in [-0.2, 0) is 19.8 Å². The van der Waals surface area contributed by atoms with Crippen LogP contribution in [0.1, 0.15) is 52.1 Å². The lowest BCUT2D eigenvalue weighted by molar-refractivity contribution is -0.0646. The number of rotatable bonds is 14. The fourth-order valence-corrected chi connectivity index (χ4v) is 8.78. The Morgan fingerprint density at radius 1 is 0.889 bits per heavy atom. The zero-order chi connectivity index (χ0) is 38.9. The molecule has 11 nitrogen and oxygen atoms in total. The van der Waals surface area contributed by atoms with Crippen molar-refractivity contribution in [3.05, 3.63) is 66.6 Å². The third-order valence-electron chi connectivity index (χ3n) is 10.3. The predicted octanol–water partition coefficient (Wildman–Crippen LogP) is 8.64. The highest BCUT2D eigenvalue weighted by molar-refractivity contribution is 6.76. The number of aliphatic hydroxyl groups is 1. The van der Waals surface area contributed by atoms with Crippen LogP contribution in [0.5, 0.6) is 0 Å². The van der Waals surface area contributed by atoms with Crippen molar-refractivity contribution < 1.29 is 24.1 Å². The topological polar surface area (TPSA) is 115 Å². The van der Waals surface area contributed by atoms with Gasteiger partial charge in [0.25, 0.3) is 0 Å².